The monoisotopic (exact) mass is 453 g/mol. The fourth-order valence-electron chi connectivity index (χ4n) is 4.22. The zero-order valence-corrected chi connectivity index (χ0v) is 22.1. The highest BCUT2D eigenvalue weighted by atomic mass is 16.2. The Balaban J connectivity index is 3.19. The van der Waals surface area contributed by atoms with E-state index >= 15 is 0 Å². The van der Waals surface area contributed by atoms with Gasteiger partial charge in [-0.05, 0) is 6.42 Å². The van der Waals surface area contributed by atoms with Gasteiger partial charge in [0.1, 0.15) is 0 Å². The van der Waals surface area contributed by atoms with Crippen LogP contribution in [0.4, 0.5) is 0 Å². The first-order chi connectivity index (χ1) is 15.5. The summed E-state index contributed by atoms with van der Waals surface area (Å²) in [6.07, 6.45) is 28.5. The van der Waals surface area contributed by atoms with Gasteiger partial charge in [-0.15, -0.1) is 0 Å². The summed E-state index contributed by atoms with van der Waals surface area (Å²) in [5, 5.41) is 2.97. The number of hydrogen-bond acceptors (Lipinski definition) is 2. The molecule has 0 atom stereocenters. The molecule has 0 radical (unpaired) electrons. The van der Waals surface area contributed by atoms with E-state index in [2.05, 4.69) is 12.2 Å². The standard InChI is InChI=1S/C28H56N2O2/c1-4-5-6-7-8-9-10-11-12-13-14-15-16-17-18-19-20-21-22-24-28(32)29-25-23-26-30(2,3)27-31/h27H,4-26H2,1-3H3/p+1. The Morgan fingerprint density at radius 3 is 1.38 bits per heavy atom. The van der Waals surface area contributed by atoms with Crippen molar-refractivity contribution >= 4 is 12.3 Å². The molecule has 0 aliphatic carbocycles. The van der Waals surface area contributed by atoms with Crippen LogP contribution in [0, 0.1) is 0 Å². The predicted octanol–water partition coefficient (Wildman–Crippen LogP) is 7.55. The highest BCUT2D eigenvalue weighted by Gasteiger charge is 2.12. The summed E-state index contributed by atoms with van der Waals surface area (Å²) in [7, 11) is 3.76. The molecule has 0 fully saturated rings. The van der Waals surface area contributed by atoms with Crippen LogP contribution < -0.4 is 5.32 Å². The Bertz CT molecular complexity index is 424. The number of carbonyl (C=O) groups is 2. The molecule has 0 saturated carbocycles. The number of quaternary nitrogens is 1. The van der Waals surface area contributed by atoms with Crippen LogP contribution >= 0.6 is 0 Å². The molecule has 0 saturated heterocycles. The van der Waals surface area contributed by atoms with Crippen molar-refractivity contribution in [3.63, 3.8) is 0 Å². The fraction of sp³-hybridized carbons (Fsp3) is 0.929. The highest BCUT2D eigenvalue weighted by molar-refractivity contribution is 5.75. The molecule has 0 spiro atoms. The predicted molar refractivity (Wildman–Crippen MR) is 139 cm³/mol. The lowest BCUT2D eigenvalue weighted by Crippen LogP contribution is -2.40. The molecular weight excluding hydrogens is 396 g/mol. The van der Waals surface area contributed by atoms with Crippen molar-refractivity contribution in [1.82, 2.24) is 5.32 Å². The van der Waals surface area contributed by atoms with E-state index in [1.165, 1.54) is 116 Å². The highest BCUT2D eigenvalue weighted by Crippen LogP contribution is 2.14. The van der Waals surface area contributed by atoms with Gasteiger partial charge < -0.3 is 5.32 Å². The van der Waals surface area contributed by atoms with Crippen LogP contribution in [0.15, 0.2) is 0 Å². The Morgan fingerprint density at radius 1 is 0.625 bits per heavy atom. The number of hydrogen-bond donors (Lipinski definition) is 1. The van der Waals surface area contributed by atoms with Crippen molar-refractivity contribution in [2.75, 3.05) is 27.2 Å². The van der Waals surface area contributed by atoms with Crippen molar-refractivity contribution in [2.24, 2.45) is 0 Å². The number of nitrogens with zero attached hydrogens (tertiary/aromatic N) is 1. The van der Waals surface area contributed by atoms with E-state index < -0.39 is 0 Å². The molecule has 0 aromatic carbocycles. The van der Waals surface area contributed by atoms with Crippen molar-refractivity contribution < 1.29 is 14.1 Å². The Morgan fingerprint density at radius 2 is 1.00 bits per heavy atom. The van der Waals surface area contributed by atoms with Gasteiger partial charge in [0, 0.05) is 19.4 Å². The molecule has 0 bridgehead atoms. The first kappa shape index (κ1) is 31.1. The Hall–Kier alpha value is -0.900. The molecule has 0 aliphatic heterocycles. The zero-order chi connectivity index (χ0) is 23.8. The third-order valence-electron chi connectivity index (χ3n) is 6.53. The summed E-state index contributed by atoms with van der Waals surface area (Å²) < 4.78 is 0.356. The molecule has 32 heavy (non-hydrogen) atoms. The summed E-state index contributed by atoms with van der Waals surface area (Å²) in [5.74, 6) is 0.161. The summed E-state index contributed by atoms with van der Waals surface area (Å²) >= 11 is 0. The molecule has 4 nitrogen and oxygen atoms in total. The minimum Gasteiger partial charge on any atom is -0.356 e. The van der Waals surface area contributed by atoms with E-state index in [9.17, 15) is 9.59 Å². The van der Waals surface area contributed by atoms with E-state index in [1.807, 2.05) is 14.1 Å². The Kier molecular flexibility index (Phi) is 22.6. The summed E-state index contributed by atoms with van der Waals surface area (Å²) in [6.45, 7) is 3.73. The van der Waals surface area contributed by atoms with Gasteiger partial charge in [-0.1, -0.05) is 122 Å². The van der Waals surface area contributed by atoms with Gasteiger partial charge in [0.25, 0.3) is 0 Å². The molecule has 0 rings (SSSR count). The third kappa shape index (κ3) is 23.8. The maximum Gasteiger partial charge on any atom is 0.301 e. The van der Waals surface area contributed by atoms with Crippen molar-refractivity contribution in [3.8, 4) is 0 Å². The number of unbranched alkanes of at least 4 members (excludes halogenated alkanes) is 18. The van der Waals surface area contributed by atoms with Crippen LogP contribution in [-0.2, 0) is 9.59 Å². The fourth-order valence-corrected chi connectivity index (χ4v) is 4.22. The maximum absolute atomic E-state index is 11.8. The summed E-state index contributed by atoms with van der Waals surface area (Å²) in [5.41, 5.74) is 0. The lowest BCUT2D eigenvalue weighted by atomic mass is 10.0. The Labute approximate surface area is 200 Å². The zero-order valence-electron chi connectivity index (χ0n) is 22.1. The number of carbonyl (C=O) groups excluding carboxylic acids is 2. The van der Waals surface area contributed by atoms with Crippen LogP contribution in [0.25, 0.3) is 0 Å². The van der Waals surface area contributed by atoms with Gasteiger partial charge in [0.15, 0.2) is 0 Å². The van der Waals surface area contributed by atoms with Gasteiger partial charge in [-0.3, -0.25) is 9.28 Å². The molecule has 190 valence electrons. The average Bonchev–Trinajstić information content (AvgIpc) is 2.78. The molecule has 2 amide bonds. The van der Waals surface area contributed by atoms with Crippen LogP contribution in [-0.4, -0.2) is 44.0 Å². The van der Waals surface area contributed by atoms with Gasteiger partial charge in [0.05, 0.1) is 20.6 Å². The van der Waals surface area contributed by atoms with Crippen molar-refractivity contribution in [3.05, 3.63) is 0 Å². The first-order valence-electron chi connectivity index (χ1n) is 14.1. The van der Waals surface area contributed by atoms with Gasteiger partial charge in [0.2, 0.25) is 5.91 Å². The van der Waals surface area contributed by atoms with E-state index in [4.69, 9.17) is 0 Å². The smallest absolute Gasteiger partial charge is 0.301 e. The molecule has 0 heterocycles. The largest absolute Gasteiger partial charge is 0.356 e. The van der Waals surface area contributed by atoms with E-state index in [-0.39, 0.29) is 5.91 Å². The van der Waals surface area contributed by atoms with Gasteiger partial charge in [-0.25, -0.2) is 4.79 Å². The molecule has 0 unspecified atom stereocenters. The number of amides is 2. The minimum atomic E-state index is 0.161. The third-order valence-corrected chi connectivity index (χ3v) is 6.53. The SMILES string of the molecule is CCCCCCCCCCCCCCCCCCCCCC(=O)NCCC[N+](C)(C)C=O. The van der Waals surface area contributed by atoms with Crippen LogP contribution in [0.5, 0.6) is 0 Å². The first-order valence-corrected chi connectivity index (χ1v) is 14.1. The van der Waals surface area contributed by atoms with Gasteiger partial charge in [-0.2, -0.15) is 0 Å². The quantitative estimate of drug-likeness (QED) is 0.0881. The second-order valence-electron chi connectivity index (χ2n) is 10.4. The molecule has 0 aliphatic rings. The normalized spacial score (nSPS) is 11.6. The van der Waals surface area contributed by atoms with Crippen LogP contribution in [0.1, 0.15) is 142 Å². The molecule has 0 aromatic rings. The van der Waals surface area contributed by atoms with E-state index in [0.29, 0.717) is 17.4 Å². The molecule has 4 heteroatoms. The molecular formula is C28H57N2O2+. The second kappa shape index (κ2) is 23.3. The van der Waals surface area contributed by atoms with Crippen LogP contribution in [0.3, 0.4) is 0 Å². The van der Waals surface area contributed by atoms with Crippen LogP contribution in [0.2, 0.25) is 0 Å². The second-order valence-corrected chi connectivity index (χ2v) is 10.4. The van der Waals surface area contributed by atoms with Crippen molar-refractivity contribution in [2.45, 2.75) is 142 Å². The van der Waals surface area contributed by atoms with Crippen molar-refractivity contribution in [1.29, 1.82) is 0 Å². The van der Waals surface area contributed by atoms with Gasteiger partial charge >= 0.3 is 6.41 Å². The summed E-state index contributed by atoms with van der Waals surface area (Å²) in [4.78, 5) is 22.7. The summed E-state index contributed by atoms with van der Waals surface area (Å²) in [6, 6.07) is 0. The molecule has 1 N–H and O–H groups in total. The number of nitrogens with one attached hydrogen (secondary N) is 1. The maximum atomic E-state index is 11.8. The number of rotatable bonds is 25. The topological polar surface area (TPSA) is 46.2 Å². The lowest BCUT2D eigenvalue weighted by Gasteiger charge is -2.20. The lowest BCUT2D eigenvalue weighted by molar-refractivity contribution is -0.804. The minimum absolute atomic E-state index is 0.161. The average molecular weight is 454 g/mol. The van der Waals surface area contributed by atoms with E-state index in [1.54, 1.807) is 0 Å². The molecule has 0 aromatic heterocycles. The van der Waals surface area contributed by atoms with E-state index in [0.717, 1.165) is 25.8 Å².